The van der Waals surface area contributed by atoms with Crippen molar-refractivity contribution >= 4 is 17.5 Å². The Kier molecular flexibility index (Phi) is 5.39. The summed E-state index contributed by atoms with van der Waals surface area (Å²) in [6.07, 6.45) is -0.482. The first kappa shape index (κ1) is 20.2. The molecule has 0 saturated heterocycles. The van der Waals surface area contributed by atoms with Gasteiger partial charge in [0.2, 0.25) is 0 Å². The number of likely N-dealkylation sites (N-methyl/N-ethyl adjacent to an activating group) is 1. The van der Waals surface area contributed by atoms with Crippen molar-refractivity contribution in [2.75, 3.05) is 45.3 Å². The van der Waals surface area contributed by atoms with Crippen molar-refractivity contribution in [1.82, 2.24) is 4.90 Å². The Balaban J connectivity index is 1.86. The van der Waals surface area contributed by atoms with Crippen molar-refractivity contribution in [2.45, 2.75) is 20.0 Å². The first-order valence-corrected chi connectivity index (χ1v) is 10.4. The molecule has 0 bridgehead atoms. The van der Waals surface area contributed by atoms with Crippen LogP contribution in [0.1, 0.15) is 46.3 Å². The van der Waals surface area contributed by atoms with Gasteiger partial charge in [0, 0.05) is 5.56 Å². The van der Waals surface area contributed by atoms with Gasteiger partial charge in [-0.25, -0.2) is 0 Å². The highest BCUT2D eigenvalue weighted by atomic mass is 16.5. The number of carbonyl (C=O) groups is 2. The van der Waals surface area contributed by atoms with E-state index in [0.717, 1.165) is 25.2 Å². The van der Waals surface area contributed by atoms with Crippen LogP contribution in [0.3, 0.4) is 0 Å². The Bertz CT molecular complexity index is 986. The minimum Gasteiger partial charge on any atom is -0.493 e. The smallest absolute Gasteiger partial charge is 0.264 e. The number of methoxy groups -OCH3 is 2. The Morgan fingerprint density at radius 2 is 1.70 bits per heavy atom. The van der Waals surface area contributed by atoms with E-state index >= 15 is 0 Å². The fourth-order valence-corrected chi connectivity index (χ4v) is 4.53. The molecule has 158 valence electrons. The highest BCUT2D eigenvalue weighted by Crippen LogP contribution is 2.49. The minimum atomic E-state index is -0.482. The summed E-state index contributed by atoms with van der Waals surface area (Å²) in [5, 5.41) is 0. The minimum absolute atomic E-state index is 0.0474. The zero-order chi connectivity index (χ0) is 21.4. The maximum absolute atomic E-state index is 13.6. The van der Waals surface area contributed by atoms with Crippen LogP contribution in [0.25, 0.3) is 0 Å². The van der Waals surface area contributed by atoms with Gasteiger partial charge in [-0.3, -0.25) is 14.5 Å². The van der Waals surface area contributed by atoms with Gasteiger partial charge in [0.15, 0.2) is 11.5 Å². The number of para-hydroxylation sites is 1. The second-order valence-corrected chi connectivity index (χ2v) is 7.54. The topological polar surface area (TPSA) is 63.5 Å². The number of amides is 2. The SMILES string of the molecule is CC[NH+](CC)CCN1C(=O)c2ccccc2N2C(=O)c3c(ccc(OC)c3OC)[C@@H]12. The Morgan fingerprint density at radius 3 is 2.37 bits per heavy atom. The molecule has 4 rings (SSSR count). The van der Waals surface area contributed by atoms with Crippen LogP contribution in [-0.4, -0.2) is 57.1 Å². The average molecular weight is 410 g/mol. The number of ether oxygens (including phenoxy) is 2. The molecule has 2 aromatic rings. The molecule has 0 aliphatic carbocycles. The predicted molar refractivity (Wildman–Crippen MR) is 113 cm³/mol. The van der Waals surface area contributed by atoms with Crippen molar-refractivity contribution in [2.24, 2.45) is 0 Å². The third-order valence-corrected chi connectivity index (χ3v) is 6.19. The van der Waals surface area contributed by atoms with Crippen LogP contribution < -0.4 is 19.3 Å². The molecule has 0 unspecified atom stereocenters. The van der Waals surface area contributed by atoms with E-state index in [1.165, 1.54) is 12.0 Å². The molecule has 2 aromatic carbocycles. The number of nitrogens with zero attached hydrogens (tertiary/aromatic N) is 2. The summed E-state index contributed by atoms with van der Waals surface area (Å²) in [5.41, 5.74) is 2.43. The number of nitrogens with one attached hydrogen (secondary N) is 1. The van der Waals surface area contributed by atoms with Crippen LogP contribution in [0.4, 0.5) is 5.69 Å². The Labute approximate surface area is 176 Å². The van der Waals surface area contributed by atoms with Gasteiger partial charge in [0.25, 0.3) is 11.8 Å². The number of carbonyl (C=O) groups excluding carboxylic acids is 2. The molecule has 2 aliphatic heterocycles. The standard InChI is InChI=1S/C23H27N3O4/c1-5-24(6-2)13-14-25-21-16-11-12-18(29-3)20(30-4)19(16)23(28)26(21)17-10-8-7-9-15(17)22(25)27/h7-12,21H,5-6,13-14H2,1-4H3/p+1/t21-/m0/s1. The molecular weight excluding hydrogens is 382 g/mol. The van der Waals surface area contributed by atoms with Crippen molar-refractivity contribution < 1.29 is 24.0 Å². The van der Waals surface area contributed by atoms with Crippen LogP contribution in [-0.2, 0) is 0 Å². The summed E-state index contributed by atoms with van der Waals surface area (Å²) in [7, 11) is 3.08. The van der Waals surface area contributed by atoms with Gasteiger partial charge in [-0.15, -0.1) is 0 Å². The quantitative estimate of drug-likeness (QED) is 0.755. The molecule has 1 N–H and O–H groups in total. The van der Waals surface area contributed by atoms with E-state index in [4.69, 9.17) is 9.47 Å². The number of fused-ring (bicyclic) bond motifs is 5. The normalized spacial score (nSPS) is 17.2. The van der Waals surface area contributed by atoms with Crippen molar-refractivity contribution in [1.29, 1.82) is 0 Å². The van der Waals surface area contributed by atoms with E-state index in [1.807, 2.05) is 29.2 Å². The second kappa shape index (κ2) is 7.99. The molecule has 7 nitrogen and oxygen atoms in total. The third-order valence-electron chi connectivity index (χ3n) is 6.19. The second-order valence-electron chi connectivity index (χ2n) is 7.54. The average Bonchev–Trinajstić information content (AvgIpc) is 3.08. The largest absolute Gasteiger partial charge is 0.493 e. The van der Waals surface area contributed by atoms with Gasteiger partial charge in [0.1, 0.15) is 6.17 Å². The summed E-state index contributed by atoms with van der Waals surface area (Å²) < 4.78 is 11.0. The molecule has 30 heavy (non-hydrogen) atoms. The number of anilines is 1. The van der Waals surface area contributed by atoms with Gasteiger partial charge >= 0.3 is 0 Å². The van der Waals surface area contributed by atoms with Gasteiger partial charge in [-0.1, -0.05) is 18.2 Å². The van der Waals surface area contributed by atoms with Crippen molar-refractivity contribution in [3.63, 3.8) is 0 Å². The lowest BCUT2D eigenvalue weighted by Gasteiger charge is -2.41. The lowest BCUT2D eigenvalue weighted by atomic mass is 10.0. The van der Waals surface area contributed by atoms with Crippen molar-refractivity contribution in [3.8, 4) is 11.5 Å². The van der Waals surface area contributed by atoms with E-state index in [9.17, 15) is 9.59 Å². The van der Waals surface area contributed by atoms with E-state index in [0.29, 0.717) is 34.9 Å². The van der Waals surface area contributed by atoms with Gasteiger partial charge in [-0.2, -0.15) is 0 Å². The number of hydrogen-bond acceptors (Lipinski definition) is 4. The van der Waals surface area contributed by atoms with Gasteiger partial charge < -0.3 is 19.3 Å². The first-order valence-electron chi connectivity index (χ1n) is 10.4. The fraction of sp³-hybridized carbons (Fsp3) is 0.391. The number of quaternary nitrogens is 1. The zero-order valence-electron chi connectivity index (χ0n) is 17.9. The summed E-state index contributed by atoms with van der Waals surface area (Å²) in [6.45, 7) is 7.65. The lowest BCUT2D eigenvalue weighted by Crippen LogP contribution is -3.12. The maximum Gasteiger partial charge on any atom is 0.264 e. The molecule has 2 heterocycles. The summed E-state index contributed by atoms with van der Waals surface area (Å²) >= 11 is 0. The highest BCUT2D eigenvalue weighted by Gasteiger charge is 2.49. The third kappa shape index (κ3) is 2.92. The number of hydrogen-bond donors (Lipinski definition) is 1. The predicted octanol–water partition coefficient (Wildman–Crippen LogP) is 1.74. The maximum atomic E-state index is 13.6. The Hall–Kier alpha value is -3.06. The first-order chi connectivity index (χ1) is 14.6. The van der Waals surface area contributed by atoms with Crippen LogP contribution in [0.5, 0.6) is 11.5 Å². The van der Waals surface area contributed by atoms with Crippen LogP contribution in [0, 0.1) is 0 Å². The van der Waals surface area contributed by atoms with E-state index in [2.05, 4.69) is 13.8 Å². The fourth-order valence-electron chi connectivity index (χ4n) is 4.53. The molecule has 1 atom stereocenters. The molecule has 0 saturated carbocycles. The summed E-state index contributed by atoms with van der Waals surface area (Å²) in [6, 6.07) is 11.0. The molecule has 7 heteroatoms. The monoisotopic (exact) mass is 410 g/mol. The number of rotatable bonds is 7. The molecule has 2 aliphatic rings. The van der Waals surface area contributed by atoms with Crippen LogP contribution >= 0.6 is 0 Å². The molecule has 0 fully saturated rings. The van der Waals surface area contributed by atoms with E-state index in [1.54, 1.807) is 24.1 Å². The molecule has 0 spiro atoms. The lowest BCUT2D eigenvalue weighted by molar-refractivity contribution is -0.895. The van der Waals surface area contributed by atoms with Crippen LogP contribution in [0.2, 0.25) is 0 Å². The molecule has 2 amide bonds. The molecular formula is C23H28N3O4+. The van der Waals surface area contributed by atoms with Gasteiger partial charge in [-0.05, 0) is 32.0 Å². The Morgan fingerprint density at radius 1 is 0.967 bits per heavy atom. The van der Waals surface area contributed by atoms with E-state index in [-0.39, 0.29) is 11.8 Å². The van der Waals surface area contributed by atoms with Gasteiger partial charge in [0.05, 0.1) is 57.2 Å². The summed E-state index contributed by atoms with van der Waals surface area (Å²) in [5.74, 6) is 0.691. The molecule has 0 aromatic heterocycles. The van der Waals surface area contributed by atoms with Crippen LogP contribution in [0.15, 0.2) is 36.4 Å². The van der Waals surface area contributed by atoms with Crippen molar-refractivity contribution in [3.05, 3.63) is 53.1 Å². The molecule has 0 radical (unpaired) electrons. The zero-order valence-corrected chi connectivity index (χ0v) is 17.9. The number of benzene rings is 2. The van der Waals surface area contributed by atoms with E-state index < -0.39 is 6.17 Å². The highest BCUT2D eigenvalue weighted by molar-refractivity contribution is 6.18. The summed E-state index contributed by atoms with van der Waals surface area (Å²) in [4.78, 5) is 32.0.